The summed E-state index contributed by atoms with van der Waals surface area (Å²) in [7, 11) is 0. The van der Waals surface area contributed by atoms with Gasteiger partial charge in [0.1, 0.15) is 0 Å². The van der Waals surface area contributed by atoms with Crippen LogP contribution in [0.4, 0.5) is 0 Å². The fraction of sp³-hybridized carbons (Fsp3) is 0.357. The predicted molar refractivity (Wildman–Crippen MR) is 71.1 cm³/mol. The summed E-state index contributed by atoms with van der Waals surface area (Å²) in [5, 5.41) is 7.11. The average molecular weight is 216 g/mol. The van der Waals surface area contributed by atoms with E-state index in [1.54, 1.807) is 0 Å². The molecule has 0 saturated carbocycles. The number of nitrogens with one attached hydrogen (secondary N) is 1. The standard InChI is InChI=1S/C14H20N2/c1-3-16(4-2)11-5-6-13-7-9-14(12-15)10-8-13/h5-10,12,15H,3-4,11H2,1-2H3/b6-5+,15-12?. The minimum absolute atomic E-state index is 0.945. The van der Waals surface area contributed by atoms with E-state index in [0.29, 0.717) is 0 Å². The molecule has 0 radical (unpaired) electrons. The Bertz CT molecular complexity index is 334. The summed E-state index contributed by atoms with van der Waals surface area (Å²) in [6, 6.07) is 8.01. The summed E-state index contributed by atoms with van der Waals surface area (Å²) >= 11 is 0. The predicted octanol–water partition coefficient (Wildman–Crippen LogP) is 3.04. The maximum Gasteiger partial charge on any atom is 0.0250 e. The van der Waals surface area contributed by atoms with Crippen LogP contribution in [0.2, 0.25) is 0 Å². The van der Waals surface area contributed by atoms with Crippen LogP contribution in [0.5, 0.6) is 0 Å². The smallest absolute Gasteiger partial charge is 0.0250 e. The lowest BCUT2D eigenvalue weighted by Crippen LogP contribution is -2.22. The van der Waals surface area contributed by atoms with Gasteiger partial charge in [0.15, 0.2) is 0 Å². The molecular weight excluding hydrogens is 196 g/mol. The highest BCUT2D eigenvalue weighted by atomic mass is 15.1. The largest absolute Gasteiger partial charge is 0.308 e. The fourth-order valence-corrected chi connectivity index (χ4v) is 1.52. The van der Waals surface area contributed by atoms with Crippen LogP contribution in [0.25, 0.3) is 6.08 Å². The van der Waals surface area contributed by atoms with Crippen LogP contribution in [0.3, 0.4) is 0 Å². The first-order chi connectivity index (χ1) is 7.80. The highest BCUT2D eigenvalue weighted by molar-refractivity contribution is 5.77. The van der Waals surface area contributed by atoms with Gasteiger partial charge in [-0.25, -0.2) is 0 Å². The van der Waals surface area contributed by atoms with Crippen LogP contribution in [-0.4, -0.2) is 30.7 Å². The molecule has 0 saturated heterocycles. The van der Waals surface area contributed by atoms with Gasteiger partial charge in [0, 0.05) is 12.8 Å². The Kier molecular flexibility index (Phi) is 5.51. The van der Waals surface area contributed by atoms with Gasteiger partial charge in [-0.05, 0) is 24.2 Å². The lowest BCUT2D eigenvalue weighted by atomic mass is 10.1. The highest BCUT2D eigenvalue weighted by Crippen LogP contribution is 2.04. The van der Waals surface area contributed by atoms with Crippen molar-refractivity contribution in [3.05, 3.63) is 41.5 Å². The van der Waals surface area contributed by atoms with Crippen molar-refractivity contribution in [3.63, 3.8) is 0 Å². The topological polar surface area (TPSA) is 27.1 Å². The Hall–Kier alpha value is -1.41. The Morgan fingerprint density at radius 1 is 1.06 bits per heavy atom. The maximum absolute atomic E-state index is 7.11. The van der Waals surface area contributed by atoms with E-state index in [4.69, 9.17) is 5.41 Å². The van der Waals surface area contributed by atoms with Gasteiger partial charge < -0.3 is 10.3 Å². The van der Waals surface area contributed by atoms with Gasteiger partial charge in [-0.15, -0.1) is 0 Å². The van der Waals surface area contributed by atoms with E-state index in [0.717, 1.165) is 25.2 Å². The summed E-state index contributed by atoms with van der Waals surface area (Å²) in [4.78, 5) is 2.36. The Morgan fingerprint density at radius 2 is 1.62 bits per heavy atom. The molecule has 0 aliphatic rings. The average Bonchev–Trinajstić information content (AvgIpc) is 2.35. The van der Waals surface area contributed by atoms with Crippen LogP contribution in [-0.2, 0) is 0 Å². The molecule has 0 aliphatic carbocycles. The highest BCUT2D eigenvalue weighted by Gasteiger charge is 1.94. The minimum Gasteiger partial charge on any atom is -0.308 e. The second-order valence-electron chi connectivity index (χ2n) is 3.70. The van der Waals surface area contributed by atoms with E-state index in [9.17, 15) is 0 Å². The van der Waals surface area contributed by atoms with Crippen molar-refractivity contribution in [2.24, 2.45) is 0 Å². The van der Waals surface area contributed by atoms with Crippen molar-refractivity contribution in [3.8, 4) is 0 Å². The Labute approximate surface area is 98.1 Å². The van der Waals surface area contributed by atoms with E-state index in [-0.39, 0.29) is 0 Å². The van der Waals surface area contributed by atoms with Crippen LogP contribution in [0.1, 0.15) is 25.0 Å². The van der Waals surface area contributed by atoms with E-state index in [1.165, 1.54) is 11.8 Å². The lowest BCUT2D eigenvalue weighted by molar-refractivity contribution is 0.338. The van der Waals surface area contributed by atoms with E-state index >= 15 is 0 Å². The molecule has 0 amide bonds. The van der Waals surface area contributed by atoms with Crippen molar-refractivity contribution >= 4 is 12.3 Å². The molecular formula is C14H20N2. The summed E-state index contributed by atoms with van der Waals surface area (Å²) in [5.74, 6) is 0. The molecule has 16 heavy (non-hydrogen) atoms. The first kappa shape index (κ1) is 12.7. The SMILES string of the molecule is CCN(CC)C/C=C/c1ccc(C=N)cc1. The molecule has 0 unspecified atom stereocenters. The molecule has 1 aromatic rings. The maximum atomic E-state index is 7.11. The summed E-state index contributed by atoms with van der Waals surface area (Å²) < 4.78 is 0. The van der Waals surface area contributed by atoms with Crippen LogP contribution < -0.4 is 0 Å². The van der Waals surface area contributed by atoms with Crippen molar-refractivity contribution in [1.29, 1.82) is 5.41 Å². The molecule has 1 rings (SSSR count). The number of hydrogen-bond donors (Lipinski definition) is 1. The number of likely N-dealkylation sites (N-methyl/N-ethyl adjacent to an activating group) is 1. The van der Waals surface area contributed by atoms with Gasteiger partial charge in [0.25, 0.3) is 0 Å². The van der Waals surface area contributed by atoms with Crippen LogP contribution >= 0.6 is 0 Å². The lowest BCUT2D eigenvalue weighted by Gasteiger charge is -2.14. The number of hydrogen-bond acceptors (Lipinski definition) is 2. The molecule has 1 N–H and O–H groups in total. The molecule has 0 fully saturated rings. The molecule has 0 spiro atoms. The molecule has 86 valence electrons. The number of rotatable bonds is 6. The van der Waals surface area contributed by atoms with Gasteiger partial charge in [0.2, 0.25) is 0 Å². The fourth-order valence-electron chi connectivity index (χ4n) is 1.52. The second-order valence-corrected chi connectivity index (χ2v) is 3.70. The van der Waals surface area contributed by atoms with Gasteiger partial charge in [-0.1, -0.05) is 50.3 Å². The zero-order valence-corrected chi connectivity index (χ0v) is 10.1. The monoisotopic (exact) mass is 216 g/mol. The van der Waals surface area contributed by atoms with Gasteiger partial charge in [0.05, 0.1) is 0 Å². The molecule has 2 nitrogen and oxygen atoms in total. The van der Waals surface area contributed by atoms with E-state index < -0.39 is 0 Å². The number of nitrogens with zero attached hydrogens (tertiary/aromatic N) is 1. The quantitative estimate of drug-likeness (QED) is 0.727. The summed E-state index contributed by atoms with van der Waals surface area (Å²) in [5.41, 5.74) is 2.14. The first-order valence-corrected chi connectivity index (χ1v) is 5.79. The normalized spacial score (nSPS) is 11.2. The zero-order valence-electron chi connectivity index (χ0n) is 10.1. The van der Waals surface area contributed by atoms with Gasteiger partial charge >= 0.3 is 0 Å². The second kappa shape index (κ2) is 6.96. The Balaban J connectivity index is 2.52. The molecule has 1 aromatic carbocycles. The summed E-state index contributed by atoms with van der Waals surface area (Å²) in [6.07, 6.45) is 5.68. The third-order valence-electron chi connectivity index (χ3n) is 2.67. The van der Waals surface area contributed by atoms with E-state index in [2.05, 4.69) is 30.9 Å². The molecule has 0 aromatic heterocycles. The first-order valence-electron chi connectivity index (χ1n) is 5.79. The zero-order chi connectivity index (χ0) is 11.8. The van der Waals surface area contributed by atoms with Crippen molar-refractivity contribution in [1.82, 2.24) is 4.90 Å². The summed E-state index contributed by atoms with van der Waals surface area (Å²) in [6.45, 7) is 7.53. The van der Waals surface area contributed by atoms with Crippen molar-refractivity contribution in [2.45, 2.75) is 13.8 Å². The number of benzene rings is 1. The molecule has 0 heterocycles. The molecule has 0 atom stereocenters. The van der Waals surface area contributed by atoms with Crippen molar-refractivity contribution < 1.29 is 0 Å². The van der Waals surface area contributed by atoms with Crippen LogP contribution in [0.15, 0.2) is 30.3 Å². The van der Waals surface area contributed by atoms with Crippen molar-refractivity contribution in [2.75, 3.05) is 19.6 Å². The Morgan fingerprint density at radius 3 is 2.12 bits per heavy atom. The van der Waals surface area contributed by atoms with Gasteiger partial charge in [-0.2, -0.15) is 0 Å². The third-order valence-corrected chi connectivity index (χ3v) is 2.67. The molecule has 2 heteroatoms. The minimum atomic E-state index is 0.945. The van der Waals surface area contributed by atoms with E-state index in [1.807, 2.05) is 24.3 Å². The molecule has 0 bridgehead atoms. The van der Waals surface area contributed by atoms with Crippen LogP contribution in [0, 0.1) is 5.41 Å². The third kappa shape index (κ3) is 3.99. The molecule has 0 aliphatic heterocycles. The van der Waals surface area contributed by atoms with Gasteiger partial charge in [-0.3, -0.25) is 0 Å².